The zero-order valence-electron chi connectivity index (χ0n) is 8.95. The number of hydrogen-bond acceptors (Lipinski definition) is 4. The zero-order chi connectivity index (χ0) is 12.1. The Labute approximate surface area is 98.1 Å². The normalized spacial score (nSPS) is 9.69. The number of carbonyl (C=O) groups is 2. The number of aryl methyl sites for hydroxylation is 2. The van der Waals surface area contributed by atoms with Gasteiger partial charge in [-0.25, -0.2) is 9.59 Å². The van der Waals surface area contributed by atoms with Gasteiger partial charge in [0.1, 0.15) is 0 Å². The summed E-state index contributed by atoms with van der Waals surface area (Å²) in [6, 6.07) is 5.32. The van der Waals surface area contributed by atoms with Crippen molar-refractivity contribution < 1.29 is 19.1 Å². The molecule has 0 bridgehead atoms. The maximum atomic E-state index is 11.5. The zero-order valence-corrected chi connectivity index (χ0v) is 9.71. The maximum absolute atomic E-state index is 11.5. The lowest BCUT2D eigenvalue weighted by molar-refractivity contribution is 0.00370. The number of benzene rings is 1. The monoisotopic (exact) mass is 242 g/mol. The Morgan fingerprint density at radius 2 is 1.69 bits per heavy atom. The molecule has 1 aromatic carbocycles. The predicted octanol–water partition coefficient (Wildman–Crippen LogP) is 2.79. The molecule has 0 unspecified atom stereocenters. The van der Waals surface area contributed by atoms with Crippen molar-refractivity contribution in [3.63, 3.8) is 0 Å². The van der Waals surface area contributed by atoms with E-state index < -0.39 is 18.2 Å². The van der Waals surface area contributed by atoms with Crippen LogP contribution in [0.15, 0.2) is 18.2 Å². The van der Waals surface area contributed by atoms with Crippen LogP contribution in [-0.4, -0.2) is 18.2 Å². The van der Waals surface area contributed by atoms with Crippen LogP contribution in [-0.2, 0) is 9.47 Å². The second kappa shape index (κ2) is 5.51. The van der Waals surface area contributed by atoms with E-state index in [1.807, 2.05) is 19.9 Å². The van der Waals surface area contributed by atoms with Crippen LogP contribution in [0.2, 0.25) is 0 Å². The van der Waals surface area contributed by atoms with Gasteiger partial charge < -0.3 is 9.47 Å². The molecule has 0 atom stereocenters. The Hall–Kier alpha value is -1.55. The first-order chi connectivity index (χ1) is 7.49. The molecule has 5 heteroatoms. The predicted molar refractivity (Wildman–Crippen MR) is 58.5 cm³/mol. The first-order valence-corrected chi connectivity index (χ1v) is 4.94. The Bertz CT molecular complexity index is 394. The Morgan fingerprint density at radius 3 is 2.19 bits per heavy atom. The molecule has 0 amide bonds. The van der Waals surface area contributed by atoms with Gasteiger partial charge in [-0.2, -0.15) is 0 Å². The number of esters is 1. The minimum atomic E-state index is -1.01. The number of carbonyl (C=O) groups excluding carboxylic acids is 2. The maximum Gasteiger partial charge on any atom is 0.406 e. The van der Waals surface area contributed by atoms with Crippen molar-refractivity contribution in [3.8, 4) is 0 Å². The molecule has 0 fully saturated rings. The van der Waals surface area contributed by atoms with E-state index in [-0.39, 0.29) is 0 Å². The fraction of sp³-hybridized carbons (Fsp3) is 0.273. The summed E-state index contributed by atoms with van der Waals surface area (Å²) in [4.78, 5) is 21.7. The molecule has 0 saturated carbocycles. The molecule has 0 spiro atoms. The largest absolute Gasteiger partial charge is 0.424 e. The summed E-state index contributed by atoms with van der Waals surface area (Å²) in [6.07, 6.45) is 0. The highest BCUT2D eigenvalue weighted by atomic mass is 35.5. The average Bonchev–Trinajstić information content (AvgIpc) is 2.15. The molecule has 0 aliphatic heterocycles. The minimum Gasteiger partial charge on any atom is -0.424 e. The van der Waals surface area contributed by atoms with E-state index in [9.17, 15) is 9.59 Å². The SMILES string of the molecule is Cc1cc(C)cc(C(=O)OCOC(=O)Cl)c1. The van der Waals surface area contributed by atoms with Crippen LogP contribution < -0.4 is 0 Å². The molecule has 0 saturated heterocycles. The van der Waals surface area contributed by atoms with Gasteiger partial charge in [0.2, 0.25) is 6.79 Å². The van der Waals surface area contributed by atoms with Crippen LogP contribution in [0.25, 0.3) is 0 Å². The molecular weight excluding hydrogens is 232 g/mol. The lowest BCUT2D eigenvalue weighted by Gasteiger charge is -2.05. The second-order valence-corrected chi connectivity index (χ2v) is 3.62. The Morgan fingerprint density at radius 1 is 1.12 bits per heavy atom. The van der Waals surface area contributed by atoms with Crippen molar-refractivity contribution in [2.75, 3.05) is 6.79 Å². The topological polar surface area (TPSA) is 52.6 Å². The third-order valence-corrected chi connectivity index (χ3v) is 1.93. The van der Waals surface area contributed by atoms with E-state index >= 15 is 0 Å². The van der Waals surface area contributed by atoms with Gasteiger partial charge in [0.05, 0.1) is 5.56 Å². The van der Waals surface area contributed by atoms with Crippen molar-refractivity contribution in [2.24, 2.45) is 0 Å². The third-order valence-electron chi connectivity index (χ3n) is 1.82. The number of hydrogen-bond donors (Lipinski definition) is 0. The standard InChI is InChI=1S/C11H11ClO4/c1-7-3-8(2)5-9(4-7)10(13)15-6-16-11(12)14/h3-5H,6H2,1-2H3. The van der Waals surface area contributed by atoms with Gasteiger partial charge in [-0.3, -0.25) is 0 Å². The van der Waals surface area contributed by atoms with E-state index in [0.29, 0.717) is 5.56 Å². The van der Waals surface area contributed by atoms with Gasteiger partial charge in [0, 0.05) is 11.6 Å². The van der Waals surface area contributed by atoms with Crippen LogP contribution in [0, 0.1) is 13.8 Å². The van der Waals surface area contributed by atoms with Crippen molar-refractivity contribution in [1.82, 2.24) is 0 Å². The molecule has 0 heterocycles. The smallest absolute Gasteiger partial charge is 0.406 e. The van der Waals surface area contributed by atoms with Crippen molar-refractivity contribution in [3.05, 3.63) is 34.9 Å². The van der Waals surface area contributed by atoms with Gasteiger partial charge >= 0.3 is 11.4 Å². The van der Waals surface area contributed by atoms with Crippen LogP contribution in [0.3, 0.4) is 0 Å². The van der Waals surface area contributed by atoms with Crippen molar-refractivity contribution in [1.29, 1.82) is 0 Å². The second-order valence-electron chi connectivity index (χ2n) is 3.31. The summed E-state index contributed by atoms with van der Waals surface area (Å²) in [5.74, 6) is -0.551. The minimum absolute atomic E-state index is 0.420. The molecule has 0 aliphatic rings. The Kier molecular flexibility index (Phi) is 4.31. The lowest BCUT2D eigenvalue weighted by Crippen LogP contribution is -2.10. The van der Waals surface area contributed by atoms with E-state index in [0.717, 1.165) is 11.1 Å². The van der Waals surface area contributed by atoms with Gasteiger partial charge in [0.15, 0.2) is 0 Å². The number of rotatable bonds is 3. The van der Waals surface area contributed by atoms with Gasteiger partial charge in [0.25, 0.3) is 0 Å². The van der Waals surface area contributed by atoms with Crippen LogP contribution >= 0.6 is 11.6 Å². The highest BCUT2D eigenvalue weighted by Crippen LogP contribution is 2.10. The summed E-state index contributed by atoms with van der Waals surface area (Å²) in [5.41, 5.74) is 1.33. The van der Waals surface area contributed by atoms with E-state index in [1.54, 1.807) is 12.1 Å². The van der Waals surface area contributed by atoms with Crippen LogP contribution in [0.1, 0.15) is 21.5 Å². The molecule has 0 aliphatic carbocycles. The van der Waals surface area contributed by atoms with Gasteiger partial charge in [-0.1, -0.05) is 17.2 Å². The first-order valence-electron chi connectivity index (χ1n) is 4.56. The van der Waals surface area contributed by atoms with Crippen molar-refractivity contribution in [2.45, 2.75) is 13.8 Å². The summed E-state index contributed by atoms with van der Waals surface area (Å²) < 4.78 is 8.96. The lowest BCUT2D eigenvalue weighted by atomic mass is 10.1. The summed E-state index contributed by atoms with van der Waals surface area (Å²) in [6.45, 7) is 3.28. The highest BCUT2D eigenvalue weighted by Gasteiger charge is 2.08. The first kappa shape index (κ1) is 12.5. The number of halogens is 1. The van der Waals surface area contributed by atoms with E-state index in [4.69, 9.17) is 11.6 Å². The number of ether oxygens (including phenoxy) is 2. The molecule has 0 aromatic heterocycles. The molecule has 1 aromatic rings. The van der Waals surface area contributed by atoms with E-state index in [2.05, 4.69) is 9.47 Å². The summed E-state index contributed by atoms with van der Waals surface area (Å²) >= 11 is 4.91. The fourth-order valence-electron chi connectivity index (χ4n) is 1.31. The molecular formula is C11H11ClO4. The fourth-order valence-corrected chi connectivity index (χ4v) is 1.35. The van der Waals surface area contributed by atoms with Crippen LogP contribution in [0.5, 0.6) is 0 Å². The van der Waals surface area contributed by atoms with Gasteiger partial charge in [-0.15, -0.1) is 0 Å². The Balaban J connectivity index is 2.62. The third kappa shape index (κ3) is 3.90. The quantitative estimate of drug-likeness (QED) is 0.465. The molecule has 86 valence electrons. The van der Waals surface area contributed by atoms with Gasteiger partial charge in [-0.05, 0) is 26.0 Å². The molecule has 16 heavy (non-hydrogen) atoms. The van der Waals surface area contributed by atoms with Crippen molar-refractivity contribution >= 4 is 23.0 Å². The van der Waals surface area contributed by atoms with Crippen LogP contribution in [0.4, 0.5) is 4.79 Å². The summed E-state index contributed by atoms with van der Waals surface area (Å²) in [7, 11) is 0. The molecule has 1 rings (SSSR count). The molecule has 4 nitrogen and oxygen atoms in total. The van der Waals surface area contributed by atoms with E-state index in [1.165, 1.54) is 0 Å². The average molecular weight is 243 g/mol. The highest BCUT2D eigenvalue weighted by molar-refractivity contribution is 6.61. The molecule has 0 N–H and O–H groups in total. The molecule has 0 radical (unpaired) electrons. The summed E-state index contributed by atoms with van der Waals surface area (Å²) in [5, 5.41) is 0.